The van der Waals surface area contributed by atoms with Crippen LogP contribution < -0.4 is 14.8 Å². The van der Waals surface area contributed by atoms with Crippen molar-refractivity contribution in [2.75, 3.05) is 13.9 Å². The number of para-hydroxylation sites is 1. The SMILES string of the molecule is COC(=O)[C@H](Cc1c[nH]c2ccccc12)NC(=O)C(c1ccc2c(c1)OCO2)C(C)(O)c1ccccc1. The minimum Gasteiger partial charge on any atom is -0.467 e. The van der Waals surface area contributed by atoms with Gasteiger partial charge in [0.15, 0.2) is 11.5 Å². The summed E-state index contributed by atoms with van der Waals surface area (Å²) in [5.41, 5.74) is 1.25. The lowest BCUT2D eigenvalue weighted by atomic mass is 9.77. The molecule has 190 valence electrons. The van der Waals surface area contributed by atoms with Gasteiger partial charge in [-0.3, -0.25) is 4.79 Å². The zero-order chi connectivity index (χ0) is 26.0. The third kappa shape index (κ3) is 4.75. The van der Waals surface area contributed by atoms with Gasteiger partial charge in [0.25, 0.3) is 0 Å². The summed E-state index contributed by atoms with van der Waals surface area (Å²) in [6, 6.07) is 20.8. The summed E-state index contributed by atoms with van der Waals surface area (Å²) in [6.45, 7) is 1.67. The van der Waals surface area contributed by atoms with Crippen LogP contribution in [0.5, 0.6) is 11.5 Å². The average Bonchev–Trinajstić information content (AvgIpc) is 3.55. The van der Waals surface area contributed by atoms with Crippen molar-refractivity contribution in [3.8, 4) is 11.5 Å². The summed E-state index contributed by atoms with van der Waals surface area (Å²) in [5.74, 6) is -1.12. The molecule has 3 atom stereocenters. The van der Waals surface area contributed by atoms with E-state index in [1.807, 2.05) is 36.5 Å². The molecule has 4 aromatic rings. The van der Waals surface area contributed by atoms with Crippen LogP contribution in [0.2, 0.25) is 0 Å². The van der Waals surface area contributed by atoms with Crippen LogP contribution in [0.15, 0.2) is 79.0 Å². The Morgan fingerprint density at radius 1 is 1.05 bits per heavy atom. The van der Waals surface area contributed by atoms with E-state index in [4.69, 9.17) is 14.2 Å². The number of aromatic amines is 1. The number of hydrogen-bond donors (Lipinski definition) is 3. The van der Waals surface area contributed by atoms with Gasteiger partial charge in [-0.15, -0.1) is 0 Å². The highest BCUT2D eigenvalue weighted by Crippen LogP contribution is 2.41. The molecule has 1 aromatic heterocycles. The molecule has 0 bridgehead atoms. The van der Waals surface area contributed by atoms with Gasteiger partial charge in [-0.1, -0.05) is 54.6 Å². The normalized spacial score (nSPS) is 15.5. The topological polar surface area (TPSA) is 110 Å². The third-order valence-electron chi connectivity index (χ3n) is 6.81. The van der Waals surface area contributed by atoms with Crippen molar-refractivity contribution in [3.05, 3.63) is 95.7 Å². The lowest BCUT2D eigenvalue weighted by Gasteiger charge is -2.34. The maximum atomic E-state index is 13.9. The van der Waals surface area contributed by atoms with Crippen LogP contribution in [0.1, 0.15) is 29.5 Å². The van der Waals surface area contributed by atoms with Crippen LogP contribution in [-0.4, -0.2) is 41.9 Å². The number of rotatable bonds is 8. The van der Waals surface area contributed by atoms with E-state index in [-0.39, 0.29) is 13.2 Å². The molecule has 5 rings (SSSR count). The second kappa shape index (κ2) is 9.99. The molecule has 0 aliphatic carbocycles. The summed E-state index contributed by atoms with van der Waals surface area (Å²) >= 11 is 0. The Morgan fingerprint density at radius 3 is 2.57 bits per heavy atom. The van der Waals surface area contributed by atoms with Gasteiger partial charge in [-0.05, 0) is 41.8 Å². The molecule has 1 aliphatic rings. The molecule has 1 amide bonds. The van der Waals surface area contributed by atoms with Crippen LogP contribution >= 0.6 is 0 Å². The number of benzene rings is 3. The molecule has 0 radical (unpaired) electrons. The molecule has 2 unspecified atom stereocenters. The number of amides is 1. The number of methoxy groups -OCH3 is 1. The zero-order valence-electron chi connectivity index (χ0n) is 20.6. The third-order valence-corrected chi connectivity index (χ3v) is 6.81. The number of aromatic nitrogens is 1. The van der Waals surface area contributed by atoms with Gasteiger partial charge in [0.1, 0.15) is 11.6 Å². The second-order valence-electron chi connectivity index (χ2n) is 9.21. The monoisotopic (exact) mass is 500 g/mol. The fraction of sp³-hybridized carbons (Fsp3) is 0.241. The molecule has 3 N–H and O–H groups in total. The number of carbonyl (C=O) groups excluding carboxylic acids is 2. The van der Waals surface area contributed by atoms with Gasteiger partial charge in [-0.25, -0.2) is 4.79 Å². The van der Waals surface area contributed by atoms with E-state index in [9.17, 15) is 14.7 Å². The molecule has 1 aliphatic heterocycles. The van der Waals surface area contributed by atoms with E-state index in [1.165, 1.54) is 7.11 Å². The van der Waals surface area contributed by atoms with E-state index < -0.39 is 29.4 Å². The molecular formula is C29H28N2O6. The van der Waals surface area contributed by atoms with Crippen LogP contribution in [0.3, 0.4) is 0 Å². The fourth-order valence-electron chi connectivity index (χ4n) is 4.88. The quantitative estimate of drug-likeness (QED) is 0.318. The Labute approximate surface area is 214 Å². The zero-order valence-corrected chi connectivity index (χ0v) is 20.6. The Bertz CT molecular complexity index is 1430. The summed E-state index contributed by atoms with van der Waals surface area (Å²) in [5, 5.41) is 15.6. The predicted octanol–water partition coefficient (Wildman–Crippen LogP) is 3.79. The highest BCUT2D eigenvalue weighted by Gasteiger charge is 2.42. The maximum Gasteiger partial charge on any atom is 0.328 e. The van der Waals surface area contributed by atoms with Crippen molar-refractivity contribution in [3.63, 3.8) is 0 Å². The molecule has 0 spiro atoms. The lowest BCUT2D eigenvalue weighted by Crippen LogP contribution is -2.49. The van der Waals surface area contributed by atoms with Crippen molar-refractivity contribution < 1.29 is 28.9 Å². The van der Waals surface area contributed by atoms with Gasteiger partial charge in [0, 0.05) is 23.5 Å². The van der Waals surface area contributed by atoms with Crippen molar-refractivity contribution in [1.29, 1.82) is 0 Å². The molecule has 0 fully saturated rings. The smallest absolute Gasteiger partial charge is 0.328 e. The molecular weight excluding hydrogens is 472 g/mol. The first-order chi connectivity index (χ1) is 17.9. The van der Waals surface area contributed by atoms with Crippen LogP contribution in [0.4, 0.5) is 0 Å². The minimum absolute atomic E-state index is 0.0831. The Hall–Kier alpha value is -4.30. The summed E-state index contributed by atoms with van der Waals surface area (Å²) in [7, 11) is 1.28. The summed E-state index contributed by atoms with van der Waals surface area (Å²) in [6.07, 6.45) is 2.03. The summed E-state index contributed by atoms with van der Waals surface area (Å²) in [4.78, 5) is 29.9. The number of H-pyrrole nitrogens is 1. The lowest BCUT2D eigenvalue weighted by molar-refractivity contribution is -0.146. The first-order valence-corrected chi connectivity index (χ1v) is 12.0. The van der Waals surface area contributed by atoms with Crippen molar-refractivity contribution >= 4 is 22.8 Å². The van der Waals surface area contributed by atoms with E-state index in [0.717, 1.165) is 16.5 Å². The Balaban J connectivity index is 1.50. The van der Waals surface area contributed by atoms with E-state index in [2.05, 4.69) is 10.3 Å². The Kier molecular flexibility index (Phi) is 6.58. The number of esters is 1. The van der Waals surface area contributed by atoms with Crippen molar-refractivity contribution in [1.82, 2.24) is 10.3 Å². The van der Waals surface area contributed by atoms with Crippen molar-refractivity contribution in [2.24, 2.45) is 0 Å². The largest absolute Gasteiger partial charge is 0.467 e. The fourth-order valence-corrected chi connectivity index (χ4v) is 4.88. The van der Waals surface area contributed by atoms with Crippen molar-refractivity contribution in [2.45, 2.75) is 30.9 Å². The average molecular weight is 501 g/mol. The molecule has 8 nitrogen and oxygen atoms in total. The number of fused-ring (bicyclic) bond motifs is 2. The molecule has 0 saturated carbocycles. The van der Waals surface area contributed by atoms with Gasteiger partial charge < -0.3 is 29.6 Å². The standard InChI is InChI=1S/C29H28N2O6/c1-29(34,20-8-4-3-5-9-20)26(18-12-13-24-25(15-18)37-17-36-24)27(32)31-23(28(33)35-2)14-19-16-30-22-11-7-6-10-21(19)22/h3-13,15-16,23,26,30,34H,14,17H2,1-2H3,(H,31,32)/t23-,26?,29?/m0/s1. The van der Waals surface area contributed by atoms with Crippen LogP contribution in [0.25, 0.3) is 10.9 Å². The molecule has 0 saturated heterocycles. The number of hydrogen-bond acceptors (Lipinski definition) is 6. The molecule has 37 heavy (non-hydrogen) atoms. The Morgan fingerprint density at radius 2 is 1.78 bits per heavy atom. The van der Waals surface area contributed by atoms with Gasteiger partial charge >= 0.3 is 5.97 Å². The maximum absolute atomic E-state index is 13.9. The van der Waals surface area contributed by atoms with Crippen LogP contribution in [0, 0.1) is 0 Å². The molecule has 8 heteroatoms. The highest BCUT2D eigenvalue weighted by atomic mass is 16.7. The number of carbonyl (C=O) groups is 2. The van der Waals surface area contributed by atoms with E-state index in [1.54, 1.807) is 49.4 Å². The second-order valence-corrected chi connectivity index (χ2v) is 9.21. The van der Waals surface area contributed by atoms with Gasteiger partial charge in [0.05, 0.1) is 13.0 Å². The molecule has 3 aromatic carbocycles. The summed E-state index contributed by atoms with van der Waals surface area (Å²) < 4.78 is 16.0. The minimum atomic E-state index is -1.61. The van der Waals surface area contributed by atoms with Gasteiger partial charge in [-0.2, -0.15) is 0 Å². The number of aliphatic hydroxyl groups is 1. The first kappa shape index (κ1) is 24.4. The van der Waals surface area contributed by atoms with Crippen LogP contribution in [-0.2, 0) is 26.3 Å². The molecule has 2 heterocycles. The van der Waals surface area contributed by atoms with Gasteiger partial charge in [0.2, 0.25) is 12.7 Å². The highest BCUT2D eigenvalue weighted by molar-refractivity contribution is 5.91. The predicted molar refractivity (Wildman–Crippen MR) is 137 cm³/mol. The van der Waals surface area contributed by atoms with E-state index >= 15 is 0 Å². The first-order valence-electron chi connectivity index (χ1n) is 12.0. The van der Waals surface area contributed by atoms with E-state index in [0.29, 0.717) is 22.6 Å². The number of ether oxygens (including phenoxy) is 3. The number of nitrogens with one attached hydrogen (secondary N) is 2.